The van der Waals surface area contributed by atoms with E-state index in [1.54, 1.807) is 6.92 Å². The van der Waals surface area contributed by atoms with Crippen LogP contribution >= 0.6 is 0 Å². The zero-order chi connectivity index (χ0) is 12.2. The van der Waals surface area contributed by atoms with Gasteiger partial charge in [-0.2, -0.15) is 0 Å². The van der Waals surface area contributed by atoms with Crippen molar-refractivity contribution in [2.24, 2.45) is 5.73 Å². The summed E-state index contributed by atoms with van der Waals surface area (Å²) in [4.78, 5) is 11.2. The Hall–Kier alpha value is -0.620. The van der Waals surface area contributed by atoms with E-state index in [-0.39, 0.29) is 12.6 Å². The molecule has 0 bridgehead atoms. The molecule has 2 N–H and O–H groups in total. The van der Waals surface area contributed by atoms with Crippen LogP contribution in [0.4, 0.5) is 0 Å². The maximum absolute atomic E-state index is 11.9. The van der Waals surface area contributed by atoms with Gasteiger partial charge in [-0.15, -0.1) is 0 Å². The van der Waals surface area contributed by atoms with Crippen LogP contribution in [0.5, 0.6) is 0 Å². The first-order valence-corrected chi connectivity index (χ1v) is 7.31. The van der Waals surface area contributed by atoms with E-state index in [4.69, 9.17) is 5.73 Å². The van der Waals surface area contributed by atoms with Crippen LogP contribution in [-0.2, 0) is 19.4 Å². The normalized spacial score (nSPS) is 26.4. The molecule has 0 aromatic carbocycles. The Bertz CT molecular complexity index is 339. The Morgan fingerprint density at radius 3 is 2.56 bits per heavy atom. The molecule has 0 aromatic rings. The van der Waals surface area contributed by atoms with Gasteiger partial charge in [-0.25, -0.2) is 8.42 Å². The lowest BCUT2D eigenvalue weighted by atomic mass is 9.96. The van der Waals surface area contributed by atoms with Crippen molar-refractivity contribution in [1.29, 1.82) is 0 Å². The highest BCUT2D eigenvalue weighted by molar-refractivity contribution is 7.92. The highest BCUT2D eigenvalue weighted by Crippen LogP contribution is 2.23. The minimum atomic E-state index is -3.45. The summed E-state index contributed by atoms with van der Waals surface area (Å²) < 4.78 is 28.4. The van der Waals surface area contributed by atoms with E-state index in [1.807, 2.05) is 0 Å². The Morgan fingerprint density at radius 1 is 1.38 bits per heavy atom. The fourth-order valence-electron chi connectivity index (χ4n) is 2.05. The highest BCUT2D eigenvalue weighted by Gasteiger charge is 2.34. The molecule has 0 radical (unpaired) electrons. The standard InChI is InChI=1S/C10H19NO4S/c1-2-15-10(12)7-16(13,14)9-6-4-3-5-8(9)11/h8-9H,2-7,11H2,1H3. The predicted molar refractivity (Wildman–Crippen MR) is 60.7 cm³/mol. The monoisotopic (exact) mass is 249 g/mol. The maximum atomic E-state index is 11.9. The predicted octanol–water partition coefficient (Wildman–Crippen LogP) is 0.234. The fourth-order valence-corrected chi connectivity index (χ4v) is 3.87. The van der Waals surface area contributed by atoms with Crippen LogP contribution in [0.1, 0.15) is 32.6 Å². The van der Waals surface area contributed by atoms with Crippen LogP contribution in [0.2, 0.25) is 0 Å². The topological polar surface area (TPSA) is 86.5 Å². The zero-order valence-electron chi connectivity index (χ0n) is 9.52. The second-order valence-electron chi connectivity index (χ2n) is 4.10. The largest absolute Gasteiger partial charge is 0.465 e. The van der Waals surface area contributed by atoms with Gasteiger partial charge in [-0.1, -0.05) is 12.8 Å². The first kappa shape index (κ1) is 13.4. The van der Waals surface area contributed by atoms with Gasteiger partial charge < -0.3 is 10.5 Å². The molecule has 1 saturated carbocycles. The Balaban J connectivity index is 2.65. The lowest BCUT2D eigenvalue weighted by Crippen LogP contribution is -2.44. The Kier molecular flexibility index (Phi) is 4.73. The summed E-state index contributed by atoms with van der Waals surface area (Å²) in [7, 11) is -3.45. The first-order valence-electron chi connectivity index (χ1n) is 5.60. The molecule has 0 heterocycles. The quantitative estimate of drug-likeness (QED) is 0.721. The molecule has 1 aliphatic carbocycles. The van der Waals surface area contributed by atoms with E-state index in [0.717, 1.165) is 12.8 Å². The van der Waals surface area contributed by atoms with Gasteiger partial charge in [0.05, 0.1) is 11.9 Å². The van der Waals surface area contributed by atoms with Crippen LogP contribution in [0, 0.1) is 0 Å². The van der Waals surface area contributed by atoms with E-state index >= 15 is 0 Å². The summed E-state index contributed by atoms with van der Waals surface area (Å²) >= 11 is 0. The van der Waals surface area contributed by atoms with Gasteiger partial charge in [-0.3, -0.25) is 4.79 Å². The van der Waals surface area contributed by atoms with Crippen molar-refractivity contribution in [3.63, 3.8) is 0 Å². The molecule has 0 spiro atoms. The van der Waals surface area contributed by atoms with Crippen molar-refractivity contribution < 1.29 is 17.9 Å². The van der Waals surface area contributed by atoms with Gasteiger partial charge in [0.25, 0.3) is 0 Å². The van der Waals surface area contributed by atoms with Crippen molar-refractivity contribution in [1.82, 2.24) is 0 Å². The number of hydrogen-bond acceptors (Lipinski definition) is 5. The van der Waals surface area contributed by atoms with Crippen LogP contribution in [-0.4, -0.2) is 38.0 Å². The van der Waals surface area contributed by atoms with Crippen molar-refractivity contribution >= 4 is 15.8 Å². The van der Waals surface area contributed by atoms with Crippen molar-refractivity contribution in [2.75, 3.05) is 12.4 Å². The molecule has 6 heteroatoms. The average Bonchev–Trinajstić information content (AvgIpc) is 2.17. The second kappa shape index (κ2) is 5.63. The lowest BCUT2D eigenvalue weighted by molar-refractivity contribution is -0.139. The molecular weight excluding hydrogens is 230 g/mol. The van der Waals surface area contributed by atoms with E-state index < -0.39 is 26.8 Å². The van der Waals surface area contributed by atoms with Crippen LogP contribution in [0.15, 0.2) is 0 Å². The van der Waals surface area contributed by atoms with Crippen LogP contribution in [0.25, 0.3) is 0 Å². The molecular formula is C10H19NO4S. The summed E-state index contributed by atoms with van der Waals surface area (Å²) in [6.45, 7) is 1.85. The van der Waals surface area contributed by atoms with E-state index in [1.165, 1.54) is 0 Å². The zero-order valence-corrected chi connectivity index (χ0v) is 10.3. The van der Waals surface area contributed by atoms with Gasteiger partial charge in [0.15, 0.2) is 9.84 Å². The van der Waals surface area contributed by atoms with E-state index in [9.17, 15) is 13.2 Å². The molecule has 0 aliphatic heterocycles. The fraction of sp³-hybridized carbons (Fsp3) is 0.900. The van der Waals surface area contributed by atoms with E-state index in [2.05, 4.69) is 4.74 Å². The number of esters is 1. The molecule has 0 saturated heterocycles. The second-order valence-corrected chi connectivity index (χ2v) is 6.32. The number of carbonyl (C=O) groups excluding carboxylic acids is 1. The van der Waals surface area contributed by atoms with Gasteiger partial charge in [0.2, 0.25) is 0 Å². The molecule has 1 aliphatic rings. The van der Waals surface area contributed by atoms with Crippen molar-refractivity contribution in [3.8, 4) is 0 Å². The van der Waals surface area contributed by atoms with E-state index in [0.29, 0.717) is 12.8 Å². The number of ether oxygens (including phenoxy) is 1. The summed E-state index contributed by atoms with van der Waals surface area (Å²) in [5.41, 5.74) is 5.78. The molecule has 1 rings (SSSR count). The summed E-state index contributed by atoms with van der Waals surface area (Å²) in [6, 6.07) is -0.340. The SMILES string of the molecule is CCOC(=O)CS(=O)(=O)C1CCCCC1N. The van der Waals surface area contributed by atoms with Crippen LogP contribution in [0.3, 0.4) is 0 Å². The number of nitrogens with two attached hydrogens (primary N) is 1. The number of hydrogen-bond donors (Lipinski definition) is 1. The lowest BCUT2D eigenvalue weighted by Gasteiger charge is -2.27. The smallest absolute Gasteiger partial charge is 0.321 e. The summed E-state index contributed by atoms with van der Waals surface area (Å²) in [5.74, 6) is -1.22. The van der Waals surface area contributed by atoms with Crippen LogP contribution < -0.4 is 5.73 Å². The molecule has 0 aromatic heterocycles. The van der Waals surface area contributed by atoms with Gasteiger partial charge in [0.1, 0.15) is 5.75 Å². The van der Waals surface area contributed by atoms with Crippen molar-refractivity contribution in [2.45, 2.75) is 43.9 Å². The average molecular weight is 249 g/mol. The molecule has 94 valence electrons. The first-order chi connectivity index (χ1) is 7.47. The Labute approximate surface area is 96.3 Å². The third kappa shape index (κ3) is 3.45. The molecule has 5 nitrogen and oxygen atoms in total. The molecule has 1 fully saturated rings. The number of sulfone groups is 1. The molecule has 0 amide bonds. The summed E-state index contributed by atoms with van der Waals surface area (Å²) in [5, 5.41) is -0.578. The highest BCUT2D eigenvalue weighted by atomic mass is 32.2. The minimum Gasteiger partial charge on any atom is -0.465 e. The molecule has 16 heavy (non-hydrogen) atoms. The summed E-state index contributed by atoms with van der Waals surface area (Å²) in [6.07, 6.45) is 3.10. The van der Waals surface area contributed by atoms with Gasteiger partial charge >= 0.3 is 5.97 Å². The maximum Gasteiger partial charge on any atom is 0.321 e. The van der Waals surface area contributed by atoms with Gasteiger partial charge in [0, 0.05) is 6.04 Å². The third-order valence-corrected chi connectivity index (χ3v) is 4.99. The minimum absolute atomic E-state index is 0.199. The number of rotatable bonds is 4. The molecule has 2 atom stereocenters. The Morgan fingerprint density at radius 2 is 2.00 bits per heavy atom. The van der Waals surface area contributed by atoms with Crippen molar-refractivity contribution in [3.05, 3.63) is 0 Å². The third-order valence-electron chi connectivity index (χ3n) is 2.84. The molecule has 2 unspecified atom stereocenters. The van der Waals surface area contributed by atoms with Gasteiger partial charge in [-0.05, 0) is 19.8 Å². The number of carbonyl (C=O) groups is 1.